The van der Waals surface area contributed by atoms with E-state index in [1.807, 2.05) is 26.8 Å². The first-order valence-electron chi connectivity index (χ1n) is 7.70. The van der Waals surface area contributed by atoms with E-state index in [-0.39, 0.29) is 18.3 Å². The van der Waals surface area contributed by atoms with Crippen molar-refractivity contribution < 1.29 is 19.1 Å². The summed E-state index contributed by atoms with van der Waals surface area (Å²) in [7, 11) is 0. The number of esters is 1. The number of carbonyl (C=O) groups excluding carboxylic acids is 2. The molecule has 6 nitrogen and oxygen atoms in total. The number of amides is 1. The lowest BCUT2D eigenvalue weighted by Crippen LogP contribution is -2.26. The Morgan fingerprint density at radius 1 is 1.30 bits per heavy atom. The summed E-state index contributed by atoms with van der Waals surface area (Å²) in [6, 6.07) is 7.22. The highest BCUT2D eigenvalue weighted by Crippen LogP contribution is 2.23. The Morgan fingerprint density at radius 2 is 2.00 bits per heavy atom. The molecule has 0 aliphatic heterocycles. The molecule has 0 saturated carbocycles. The highest BCUT2D eigenvalue weighted by Gasteiger charge is 2.21. The van der Waals surface area contributed by atoms with E-state index in [0.29, 0.717) is 18.8 Å². The summed E-state index contributed by atoms with van der Waals surface area (Å²) >= 11 is 0. The summed E-state index contributed by atoms with van der Waals surface area (Å²) in [5.41, 5.74) is 6.74. The van der Waals surface area contributed by atoms with Gasteiger partial charge in [0.05, 0.1) is 13.0 Å². The SMILES string of the molecule is CCOC(=O)Nc1cccc(C(CN)CC(=O)OC(C)(C)C)c1. The fourth-order valence-corrected chi connectivity index (χ4v) is 2.08. The Hall–Kier alpha value is -2.08. The Kier molecular flexibility index (Phi) is 7.03. The average molecular weight is 322 g/mol. The summed E-state index contributed by atoms with van der Waals surface area (Å²) in [4.78, 5) is 23.4. The van der Waals surface area contributed by atoms with Gasteiger partial charge in [0.25, 0.3) is 0 Å². The molecule has 1 aromatic rings. The van der Waals surface area contributed by atoms with Crippen LogP contribution in [0.25, 0.3) is 0 Å². The van der Waals surface area contributed by atoms with Crippen LogP contribution >= 0.6 is 0 Å². The number of ether oxygens (including phenoxy) is 2. The van der Waals surface area contributed by atoms with Crippen molar-refractivity contribution in [3.63, 3.8) is 0 Å². The normalized spacial score (nSPS) is 12.4. The van der Waals surface area contributed by atoms with Crippen LogP contribution in [-0.2, 0) is 14.3 Å². The molecule has 0 bridgehead atoms. The smallest absolute Gasteiger partial charge is 0.411 e. The Labute approximate surface area is 137 Å². The fourth-order valence-electron chi connectivity index (χ4n) is 2.08. The van der Waals surface area contributed by atoms with Gasteiger partial charge in [-0.2, -0.15) is 0 Å². The zero-order valence-corrected chi connectivity index (χ0v) is 14.2. The number of anilines is 1. The third-order valence-electron chi connectivity index (χ3n) is 3.00. The third-order valence-corrected chi connectivity index (χ3v) is 3.00. The van der Waals surface area contributed by atoms with Crippen molar-refractivity contribution in [3.05, 3.63) is 29.8 Å². The number of rotatable bonds is 6. The molecule has 0 heterocycles. The van der Waals surface area contributed by atoms with Crippen LogP contribution in [0.3, 0.4) is 0 Å². The van der Waals surface area contributed by atoms with Gasteiger partial charge in [0.2, 0.25) is 0 Å². The van der Waals surface area contributed by atoms with Crippen molar-refractivity contribution >= 4 is 17.7 Å². The molecular weight excluding hydrogens is 296 g/mol. The van der Waals surface area contributed by atoms with Crippen LogP contribution in [0.4, 0.5) is 10.5 Å². The first-order chi connectivity index (χ1) is 10.7. The maximum atomic E-state index is 12.0. The molecule has 0 aliphatic rings. The molecule has 0 saturated heterocycles. The molecule has 6 heteroatoms. The summed E-state index contributed by atoms with van der Waals surface area (Å²) in [5, 5.41) is 2.64. The van der Waals surface area contributed by atoms with E-state index < -0.39 is 11.7 Å². The first-order valence-corrected chi connectivity index (χ1v) is 7.70. The topological polar surface area (TPSA) is 90.6 Å². The second-order valence-electron chi connectivity index (χ2n) is 6.19. The van der Waals surface area contributed by atoms with Gasteiger partial charge in [-0.15, -0.1) is 0 Å². The predicted octanol–water partition coefficient (Wildman–Crippen LogP) is 3.03. The molecule has 1 unspecified atom stereocenters. The second-order valence-corrected chi connectivity index (χ2v) is 6.19. The Morgan fingerprint density at radius 3 is 2.57 bits per heavy atom. The largest absolute Gasteiger partial charge is 0.460 e. The van der Waals surface area contributed by atoms with Gasteiger partial charge in [0, 0.05) is 11.6 Å². The minimum Gasteiger partial charge on any atom is -0.460 e. The van der Waals surface area contributed by atoms with Crippen LogP contribution in [0.1, 0.15) is 45.6 Å². The van der Waals surface area contributed by atoms with Gasteiger partial charge in [-0.25, -0.2) is 4.79 Å². The van der Waals surface area contributed by atoms with Gasteiger partial charge >= 0.3 is 12.1 Å². The lowest BCUT2D eigenvalue weighted by molar-refractivity contribution is -0.155. The first kappa shape index (κ1) is 19.0. The molecule has 0 fully saturated rings. The van der Waals surface area contributed by atoms with Crippen molar-refractivity contribution in [2.45, 2.75) is 45.6 Å². The van der Waals surface area contributed by atoms with E-state index in [9.17, 15) is 9.59 Å². The molecule has 1 aromatic carbocycles. The monoisotopic (exact) mass is 322 g/mol. The molecule has 1 amide bonds. The molecule has 0 aliphatic carbocycles. The summed E-state index contributed by atoms with van der Waals surface area (Å²) in [6.07, 6.45) is -0.322. The van der Waals surface area contributed by atoms with Crippen LogP contribution in [0, 0.1) is 0 Å². The van der Waals surface area contributed by atoms with Crippen LogP contribution in [0.2, 0.25) is 0 Å². The molecule has 1 rings (SSSR count). The molecule has 23 heavy (non-hydrogen) atoms. The van der Waals surface area contributed by atoms with E-state index in [0.717, 1.165) is 5.56 Å². The Balaban J connectivity index is 2.78. The maximum Gasteiger partial charge on any atom is 0.411 e. The van der Waals surface area contributed by atoms with Crippen molar-refractivity contribution in [2.75, 3.05) is 18.5 Å². The van der Waals surface area contributed by atoms with Gasteiger partial charge < -0.3 is 15.2 Å². The Bertz CT molecular complexity index is 538. The lowest BCUT2D eigenvalue weighted by atomic mass is 9.95. The second kappa shape index (κ2) is 8.53. The molecule has 0 spiro atoms. The molecular formula is C17H26N2O4. The number of nitrogens with one attached hydrogen (secondary N) is 1. The highest BCUT2D eigenvalue weighted by molar-refractivity contribution is 5.84. The van der Waals surface area contributed by atoms with Gasteiger partial charge in [-0.05, 0) is 51.9 Å². The van der Waals surface area contributed by atoms with E-state index in [1.165, 1.54) is 0 Å². The highest BCUT2D eigenvalue weighted by atomic mass is 16.6. The third kappa shape index (κ3) is 7.15. The van der Waals surface area contributed by atoms with E-state index in [2.05, 4.69) is 5.32 Å². The van der Waals surface area contributed by atoms with Crippen molar-refractivity contribution in [3.8, 4) is 0 Å². The number of nitrogens with two attached hydrogens (primary N) is 1. The van der Waals surface area contributed by atoms with Gasteiger partial charge in [-0.3, -0.25) is 10.1 Å². The van der Waals surface area contributed by atoms with Crippen LogP contribution in [0.5, 0.6) is 0 Å². The van der Waals surface area contributed by atoms with Crippen molar-refractivity contribution in [1.29, 1.82) is 0 Å². The molecule has 0 radical (unpaired) electrons. The predicted molar refractivity (Wildman–Crippen MR) is 89.3 cm³/mol. The lowest BCUT2D eigenvalue weighted by Gasteiger charge is -2.22. The van der Waals surface area contributed by atoms with Crippen LogP contribution < -0.4 is 11.1 Å². The van der Waals surface area contributed by atoms with Crippen LogP contribution in [0.15, 0.2) is 24.3 Å². The van der Waals surface area contributed by atoms with Gasteiger partial charge in [0.1, 0.15) is 5.60 Å². The zero-order chi connectivity index (χ0) is 17.5. The number of carbonyl (C=O) groups is 2. The van der Waals surface area contributed by atoms with Gasteiger partial charge in [0.15, 0.2) is 0 Å². The van der Waals surface area contributed by atoms with E-state index in [1.54, 1.807) is 25.1 Å². The number of hydrogen-bond donors (Lipinski definition) is 2. The van der Waals surface area contributed by atoms with Crippen LogP contribution in [-0.4, -0.2) is 30.8 Å². The summed E-state index contributed by atoms with van der Waals surface area (Å²) in [6.45, 7) is 7.82. The number of benzene rings is 1. The van der Waals surface area contributed by atoms with Gasteiger partial charge in [-0.1, -0.05) is 12.1 Å². The summed E-state index contributed by atoms with van der Waals surface area (Å²) in [5.74, 6) is -0.467. The maximum absolute atomic E-state index is 12.0. The molecule has 3 N–H and O–H groups in total. The molecule has 128 valence electrons. The average Bonchev–Trinajstić information content (AvgIpc) is 2.43. The summed E-state index contributed by atoms with van der Waals surface area (Å²) < 4.78 is 10.2. The zero-order valence-electron chi connectivity index (χ0n) is 14.2. The van der Waals surface area contributed by atoms with Crippen molar-refractivity contribution in [1.82, 2.24) is 0 Å². The van der Waals surface area contributed by atoms with E-state index >= 15 is 0 Å². The van der Waals surface area contributed by atoms with Crippen molar-refractivity contribution in [2.24, 2.45) is 5.73 Å². The minimum atomic E-state index is -0.524. The molecule has 1 atom stereocenters. The van der Waals surface area contributed by atoms with E-state index in [4.69, 9.17) is 15.2 Å². The standard InChI is InChI=1S/C17H26N2O4/c1-5-22-16(21)19-14-8-6-7-12(9-14)13(11-18)10-15(20)23-17(2,3)4/h6-9,13H,5,10-11,18H2,1-4H3,(H,19,21). The quantitative estimate of drug-likeness (QED) is 0.786. The fraction of sp³-hybridized carbons (Fsp3) is 0.529. The number of hydrogen-bond acceptors (Lipinski definition) is 5. The minimum absolute atomic E-state index is 0.172. The molecule has 0 aromatic heterocycles.